The summed E-state index contributed by atoms with van der Waals surface area (Å²) in [6.07, 6.45) is 0. The Labute approximate surface area is 94.6 Å². The van der Waals surface area contributed by atoms with E-state index in [2.05, 4.69) is 5.32 Å². The lowest BCUT2D eigenvalue weighted by Gasteiger charge is -2.20. The van der Waals surface area contributed by atoms with Crippen molar-refractivity contribution >= 4 is 11.7 Å². The molecule has 1 aromatic rings. The summed E-state index contributed by atoms with van der Waals surface area (Å²) >= 11 is 0. The van der Waals surface area contributed by atoms with Crippen molar-refractivity contribution in [3.63, 3.8) is 0 Å². The van der Waals surface area contributed by atoms with Gasteiger partial charge in [-0.15, -0.1) is 0 Å². The van der Waals surface area contributed by atoms with Crippen molar-refractivity contribution in [2.75, 3.05) is 12.4 Å². The van der Waals surface area contributed by atoms with Crippen LogP contribution in [-0.4, -0.2) is 18.6 Å². The van der Waals surface area contributed by atoms with Crippen LogP contribution in [0.5, 0.6) is 0 Å². The van der Waals surface area contributed by atoms with E-state index in [1.165, 1.54) is 18.2 Å². The molecule has 1 rings (SSSR count). The van der Waals surface area contributed by atoms with Crippen LogP contribution >= 0.6 is 0 Å². The van der Waals surface area contributed by atoms with Gasteiger partial charge in [0.05, 0.1) is 5.56 Å². The number of nitrogens with one attached hydrogen (secondary N) is 1. The second-order valence-electron chi connectivity index (χ2n) is 4.44. The van der Waals surface area contributed by atoms with E-state index >= 15 is 0 Å². The van der Waals surface area contributed by atoms with Crippen LogP contribution in [0.4, 0.5) is 10.1 Å². The maximum Gasteiger partial charge on any atom is 0.340 e. The van der Waals surface area contributed by atoms with E-state index in [9.17, 15) is 9.18 Å². The third kappa shape index (κ3) is 3.22. The molecule has 0 heterocycles. The van der Waals surface area contributed by atoms with E-state index in [4.69, 9.17) is 4.74 Å². The number of ether oxygens (including phenoxy) is 1. The van der Waals surface area contributed by atoms with Crippen LogP contribution in [0.1, 0.15) is 31.1 Å². The Bertz CT molecular complexity index is 396. The molecule has 0 fully saturated rings. The van der Waals surface area contributed by atoms with Gasteiger partial charge in [-0.05, 0) is 39.0 Å². The number of carbonyl (C=O) groups excluding carboxylic acids is 1. The Hall–Kier alpha value is -1.58. The zero-order chi connectivity index (χ0) is 12.3. The number of hydrogen-bond acceptors (Lipinski definition) is 3. The molecule has 16 heavy (non-hydrogen) atoms. The number of halogens is 1. The molecule has 0 amide bonds. The molecule has 1 N–H and O–H groups in total. The molecule has 0 saturated carbocycles. The van der Waals surface area contributed by atoms with Crippen molar-refractivity contribution in [2.24, 2.45) is 0 Å². The summed E-state index contributed by atoms with van der Waals surface area (Å²) in [6, 6.07) is 3.97. The molecule has 0 saturated heterocycles. The van der Waals surface area contributed by atoms with Gasteiger partial charge in [0.15, 0.2) is 0 Å². The van der Waals surface area contributed by atoms with Gasteiger partial charge in [-0.3, -0.25) is 0 Å². The SMILES string of the molecule is CNc1ccc(F)cc1C(=O)OC(C)(C)C. The molecular weight excluding hydrogens is 209 g/mol. The largest absolute Gasteiger partial charge is 0.456 e. The Morgan fingerprint density at radius 2 is 2.00 bits per heavy atom. The highest BCUT2D eigenvalue weighted by Crippen LogP contribution is 2.20. The number of hydrogen-bond donors (Lipinski definition) is 1. The molecular formula is C12H16FNO2. The summed E-state index contributed by atoms with van der Waals surface area (Å²) in [6.45, 7) is 5.30. The van der Waals surface area contributed by atoms with Crippen molar-refractivity contribution in [1.29, 1.82) is 0 Å². The third-order valence-corrected chi connectivity index (χ3v) is 1.87. The Morgan fingerprint density at radius 3 is 2.50 bits per heavy atom. The van der Waals surface area contributed by atoms with Crippen molar-refractivity contribution in [1.82, 2.24) is 0 Å². The number of anilines is 1. The van der Waals surface area contributed by atoms with Crippen molar-refractivity contribution in [2.45, 2.75) is 26.4 Å². The number of carbonyl (C=O) groups is 1. The number of benzene rings is 1. The maximum atomic E-state index is 13.0. The van der Waals surface area contributed by atoms with Crippen LogP contribution in [0.2, 0.25) is 0 Å². The molecule has 1 aromatic carbocycles. The van der Waals surface area contributed by atoms with E-state index in [-0.39, 0.29) is 5.56 Å². The zero-order valence-electron chi connectivity index (χ0n) is 9.93. The van der Waals surface area contributed by atoms with Gasteiger partial charge in [0.25, 0.3) is 0 Å². The molecule has 0 bridgehead atoms. The molecule has 88 valence electrons. The van der Waals surface area contributed by atoms with Gasteiger partial charge in [0.1, 0.15) is 11.4 Å². The first-order valence-corrected chi connectivity index (χ1v) is 5.04. The van der Waals surface area contributed by atoms with Gasteiger partial charge in [-0.2, -0.15) is 0 Å². The summed E-state index contributed by atoms with van der Waals surface area (Å²) < 4.78 is 18.2. The monoisotopic (exact) mass is 225 g/mol. The first kappa shape index (κ1) is 12.5. The molecule has 0 aliphatic rings. The molecule has 0 aliphatic carbocycles. The summed E-state index contributed by atoms with van der Waals surface area (Å²) in [5.41, 5.74) is 0.169. The van der Waals surface area contributed by atoms with Gasteiger partial charge in [0, 0.05) is 12.7 Å². The van der Waals surface area contributed by atoms with E-state index in [1.54, 1.807) is 27.8 Å². The van der Waals surface area contributed by atoms with Gasteiger partial charge in [-0.1, -0.05) is 0 Å². The lowest BCUT2D eigenvalue weighted by molar-refractivity contribution is 0.00702. The van der Waals surface area contributed by atoms with Crippen molar-refractivity contribution < 1.29 is 13.9 Å². The molecule has 3 nitrogen and oxygen atoms in total. The van der Waals surface area contributed by atoms with Gasteiger partial charge < -0.3 is 10.1 Å². The topological polar surface area (TPSA) is 38.3 Å². The lowest BCUT2D eigenvalue weighted by atomic mass is 10.1. The molecule has 0 spiro atoms. The first-order valence-electron chi connectivity index (χ1n) is 5.04. The van der Waals surface area contributed by atoms with Gasteiger partial charge >= 0.3 is 5.97 Å². The van der Waals surface area contributed by atoms with Crippen LogP contribution in [0, 0.1) is 5.82 Å². The third-order valence-electron chi connectivity index (χ3n) is 1.87. The Morgan fingerprint density at radius 1 is 1.38 bits per heavy atom. The van der Waals surface area contributed by atoms with Crippen molar-refractivity contribution in [3.05, 3.63) is 29.6 Å². The predicted molar refractivity (Wildman–Crippen MR) is 61.1 cm³/mol. The Balaban J connectivity index is 3.02. The summed E-state index contributed by atoms with van der Waals surface area (Å²) in [5.74, 6) is -0.990. The minimum absolute atomic E-state index is 0.206. The number of rotatable bonds is 2. The van der Waals surface area contributed by atoms with E-state index < -0.39 is 17.4 Å². The Kier molecular flexibility index (Phi) is 3.52. The second kappa shape index (κ2) is 4.51. The zero-order valence-corrected chi connectivity index (χ0v) is 9.93. The average Bonchev–Trinajstić information content (AvgIpc) is 2.15. The van der Waals surface area contributed by atoms with Crippen molar-refractivity contribution in [3.8, 4) is 0 Å². The van der Waals surface area contributed by atoms with Crippen LogP contribution in [0.3, 0.4) is 0 Å². The highest BCUT2D eigenvalue weighted by atomic mass is 19.1. The second-order valence-corrected chi connectivity index (χ2v) is 4.44. The molecule has 0 aromatic heterocycles. The summed E-state index contributed by atoms with van der Waals surface area (Å²) in [7, 11) is 1.67. The highest BCUT2D eigenvalue weighted by molar-refractivity contribution is 5.95. The fraction of sp³-hybridized carbons (Fsp3) is 0.417. The average molecular weight is 225 g/mol. The molecule has 4 heteroatoms. The predicted octanol–water partition coefficient (Wildman–Crippen LogP) is 2.82. The lowest BCUT2D eigenvalue weighted by Crippen LogP contribution is -2.24. The van der Waals surface area contributed by atoms with Gasteiger partial charge in [-0.25, -0.2) is 9.18 Å². The molecule has 0 radical (unpaired) electrons. The van der Waals surface area contributed by atoms with Gasteiger partial charge in [0.2, 0.25) is 0 Å². The van der Waals surface area contributed by atoms with E-state index in [1.807, 2.05) is 0 Å². The quantitative estimate of drug-likeness (QED) is 0.786. The maximum absolute atomic E-state index is 13.0. The summed E-state index contributed by atoms with van der Waals surface area (Å²) in [5, 5.41) is 2.82. The highest BCUT2D eigenvalue weighted by Gasteiger charge is 2.20. The molecule has 0 unspecified atom stereocenters. The fourth-order valence-electron chi connectivity index (χ4n) is 1.24. The minimum atomic E-state index is -0.589. The minimum Gasteiger partial charge on any atom is -0.456 e. The standard InChI is InChI=1S/C12H16FNO2/c1-12(2,3)16-11(15)9-7-8(13)5-6-10(9)14-4/h5-7,14H,1-4H3. The molecule has 0 aliphatic heterocycles. The molecule has 0 atom stereocenters. The number of esters is 1. The van der Waals surface area contributed by atoms with Crippen LogP contribution in [0.25, 0.3) is 0 Å². The fourth-order valence-corrected chi connectivity index (χ4v) is 1.24. The smallest absolute Gasteiger partial charge is 0.340 e. The first-order chi connectivity index (χ1) is 7.33. The normalized spacial score (nSPS) is 11.1. The van der Waals surface area contributed by atoms with Crippen LogP contribution in [-0.2, 0) is 4.74 Å². The summed E-state index contributed by atoms with van der Waals surface area (Å²) in [4.78, 5) is 11.8. The van der Waals surface area contributed by atoms with E-state index in [0.29, 0.717) is 5.69 Å². The van der Waals surface area contributed by atoms with Crippen LogP contribution < -0.4 is 5.32 Å². The van der Waals surface area contributed by atoms with Crippen LogP contribution in [0.15, 0.2) is 18.2 Å². The van der Waals surface area contributed by atoms with E-state index in [0.717, 1.165) is 0 Å².